The lowest BCUT2D eigenvalue weighted by Crippen LogP contribution is -2.07. The minimum Gasteiger partial charge on any atom is -0.308 e. The molecule has 92 valence electrons. The van der Waals surface area contributed by atoms with Gasteiger partial charge in [-0.1, -0.05) is 40.5 Å². The van der Waals surface area contributed by atoms with Gasteiger partial charge in [-0.3, -0.25) is 4.57 Å². The zero-order chi connectivity index (χ0) is 11.7. The van der Waals surface area contributed by atoms with E-state index in [9.17, 15) is 4.57 Å². The molecule has 0 unspecified atom stereocenters. The van der Waals surface area contributed by atoms with E-state index in [4.69, 9.17) is 9.05 Å². The molecule has 0 radical (unpaired) electrons. The van der Waals surface area contributed by atoms with E-state index >= 15 is 0 Å². The fraction of sp³-hybridized carbons (Fsp3) is 1.00. The molecular weight excluding hydrogens is 211 g/mol. The van der Waals surface area contributed by atoms with Crippen molar-refractivity contribution in [2.45, 2.75) is 59.0 Å². The van der Waals surface area contributed by atoms with Crippen molar-refractivity contribution >= 4 is 7.60 Å². The normalized spacial score (nSPS) is 12.3. The van der Waals surface area contributed by atoms with Gasteiger partial charge in [-0.25, -0.2) is 0 Å². The molecule has 0 aromatic heterocycles. The summed E-state index contributed by atoms with van der Waals surface area (Å²) >= 11 is 0. The first kappa shape index (κ1) is 15.2. The van der Waals surface area contributed by atoms with E-state index in [-0.39, 0.29) is 5.66 Å². The van der Waals surface area contributed by atoms with Crippen molar-refractivity contribution in [1.82, 2.24) is 0 Å². The second-order valence-corrected chi connectivity index (χ2v) is 6.64. The second-order valence-electron chi connectivity index (χ2n) is 4.01. The first-order valence-corrected chi connectivity index (χ1v) is 7.56. The van der Waals surface area contributed by atoms with Crippen molar-refractivity contribution in [2.75, 3.05) is 13.2 Å². The Morgan fingerprint density at radius 2 is 1.40 bits per heavy atom. The summed E-state index contributed by atoms with van der Waals surface area (Å²) in [4.78, 5) is 0. The molecule has 0 N–H and O–H groups in total. The molecule has 0 saturated heterocycles. The minimum atomic E-state index is -2.85. The summed E-state index contributed by atoms with van der Waals surface area (Å²) < 4.78 is 23.0. The molecule has 4 heteroatoms. The van der Waals surface area contributed by atoms with Gasteiger partial charge in [0.15, 0.2) is 0 Å². The van der Waals surface area contributed by atoms with E-state index in [1.54, 1.807) is 0 Å². The van der Waals surface area contributed by atoms with Crippen LogP contribution in [-0.4, -0.2) is 18.9 Å². The molecule has 0 atom stereocenters. The SMILES string of the molecule is CCCCOP(=O)(OCCCC)C(C)C. The van der Waals surface area contributed by atoms with Crippen molar-refractivity contribution < 1.29 is 13.6 Å². The summed E-state index contributed by atoms with van der Waals surface area (Å²) in [6.07, 6.45) is 3.97. The van der Waals surface area contributed by atoms with E-state index < -0.39 is 7.60 Å². The predicted molar refractivity (Wildman–Crippen MR) is 64.5 cm³/mol. The third-order valence-electron chi connectivity index (χ3n) is 2.17. The zero-order valence-electron chi connectivity index (χ0n) is 10.5. The molecule has 15 heavy (non-hydrogen) atoms. The molecule has 0 spiro atoms. The lowest BCUT2D eigenvalue weighted by Gasteiger charge is -2.21. The molecule has 0 aromatic carbocycles. The van der Waals surface area contributed by atoms with Gasteiger partial charge >= 0.3 is 7.60 Å². The number of hydrogen-bond acceptors (Lipinski definition) is 3. The summed E-state index contributed by atoms with van der Waals surface area (Å²) in [7, 11) is -2.85. The van der Waals surface area contributed by atoms with Crippen LogP contribution in [0.5, 0.6) is 0 Å². The first-order chi connectivity index (χ1) is 7.06. The lowest BCUT2D eigenvalue weighted by molar-refractivity contribution is 0.195. The lowest BCUT2D eigenvalue weighted by atomic mass is 10.4. The standard InChI is InChI=1S/C11H25O3P/c1-5-7-9-13-15(12,11(3)4)14-10-8-6-2/h11H,5-10H2,1-4H3. The Balaban J connectivity index is 4.02. The quantitative estimate of drug-likeness (QED) is 0.444. The molecule has 0 aliphatic carbocycles. The van der Waals surface area contributed by atoms with Gasteiger partial charge in [0.1, 0.15) is 0 Å². The fourth-order valence-corrected chi connectivity index (χ4v) is 2.45. The summed E-state index contributed by atoms with van der Waals surface area (Å²) in [6.45, 7) is 9.02. The van der Waals surface area contributed by atoms with Crippen LogP contribution in [0.3, 0.4) is 0 Å². The van der Waals surface area contributed by atoms with Gasteiger partial charge in [-0.05, 0) is 12.8 Å². The highest BCUT2D eigenvalue weighted by molar-refractivity contribution is 7.54. The maximum absolute atomic E-state index is 12.2. The number of unbranched alkanes of at least 4 members (excludes halogenated alkanes) is 2. The average molecular weight is 236 g/mol. The maximum atomic E-state index is 12.2. The highest BCUT2D eigenvalue weighted by Gasteiger charge is 2.28. The van der Waals surface area contributed by atoms with E-state index in [1.165, 1.54) is 0 Å². The number of hydrogen-bond donors (Lipinski definition) is 0. The smallest absolute Gasteiger partial charge is 0.308 e. The molecule has 0 bridgehead atoms. The van der Waals surface area contributed by atoms with Crippen molar-refractivity contribution in [3.63, 3.8) is 0 Å². The first-order valence-electron chi connectivity index (χ1n) is 5.95. The fourth-order valence-electron chi connectivity index (χ4n) is 1.01. The summed E-state index contributed by atoms with van der Waals surface area (Å²) in [5, 5.41) is 0. The zero-order valence-corrected chi connectivity index (χ0v) is 11.4. The Kier molecular flexibility index (Phi) is 8.40. The van der Waals surface area contributed by atoms with Crippen LogP contribution in [0.4, 0.5) is 0 Å². The molecular formula is C11H25O3P. The Hall–Kier alpha value is 0.150. The van der Waals surface area contributed by atoms with Crippen molar-refractivity contribution in [2.24, 2.45) is 0 Å². The van der Waals surface area contributed by atoms with Crippen LogP contribution < -0.4 is 0 Å². The van der Waals surface area contributed by atoms with Gasteiger partial charge in [0, 0.05) is 0 Å². The molecule has 0 aromatic rings. The molecule has 0 fully saturated rings. The Morgan fingerprint density at radius 3 is 1.67 bits per heavy atom. The summed E-state index contributed by atoms with van der Waals surface area (Å²) in [5.74, 6) is 0. The van der Waals surface area contributed by atoms with E-state index in [1.807, 2.05) is 13.8 Å². The van der Waals surface area contributed by atoms with Crippen molar-refractivity contribution in [3.8, 4) is 0 Å². The molecule has 0 amide bonds. The predicted octanol–water partition coefficient (Wildman–Crippen LogP) is 4.22. The monoisotopic (exact) mass is 236 g/mol. The molecule has 0 aliphatic heterocycles. The van der Waals surface area contributed by atoms with E-state index in [0.717, 1.165) is 25.7 Å². The van der Waals surface area contributed by atoms with Gasteiger partial charge in [0.25, 0.3) is 0 Å². The maximum Gasteiger partial charge on any atom is 0.333 e. The van der Waals surface area contributed by atoms with Crippen LogP contribution in [0.25, 0.3) is 0 Å². The Morgan fingerprint density at radius 1 is 1.00 bits per heavy atom. The Labute approximate surface area is 94.1 Å². The minimum absolute atomic E-state index is 0.0498. The van der Waals surface area contributed by atoms with Crippen LogP contribution in [0.1, 0.15) is 53.4 Å². The molecule has 0 saturated carbocycles. The van der Waals surface area contributed by atoms with Crippen molar-refractivity contribution in [1.29, 1.82) is 0 Å². The van der Waals surface area contributed by atoms with Gasteiger partial charge in [-0.2, -0.15) is 0 Å². The van der Waals surface area contributed by atoms with Crippen LogP contribution in [0.2, 0.25) is 0 Å². The van der Waals surface area contributed by atoms with Crippen molar-refractivity contribution in [3.05, 3.63) is 0 Å². The Bertz CT molecular complexity index is 178. The van der Waals surface area contributed by atoms with Gasteiger partial charge in [0.2, 0.25) is 0 Å². The summed E-state index contributed by atoms with van der Waals surface area (Å²) in [6, 6.07) is 0. The van der Waals surface area contributed by atoms with Crippen LogP contribution in [0.15, 0.2) is 0 Å². The summed E-state index contributed by atoms with van der Waals surface area (Å²) in [5.41, 5.74) is -0.0498. The van der Waals surface area contributed by atoms with Gasteiger partial charge < -0.3 is 9.05 Å². The largest absolute Gasteiger partial charge is 0.333 e. The van der Waals surface area contributed by atoms with Crippen LogP contribution in [0, 0.1) is 0 Å². The molecule has 0 aliphatic rings. The highest BCUT2D eigenvalue weighted by Crippen LogP contribution is 2.52. The second kappa shape index (κ2) is 8.32. The molecule has 0 rings (SSSR count). The van der Waals surface area contributed by atoms with Crippen LogP contribution >= 0.6 is 7.60 Å². The van der Waals surface area contributed by atoms with Crippen LogP contribution in [-0.2, 0) is 13.6 Å². The van der Waals surface area contributed by atoms with E-state index in [0.29, 0.717) is 13.2 Å². The third-order valence-corrected chi connectivity index (χ3v) is 4.52. The molecule has 3 nitrogen and oxygen atoms in total. The number of rotatable bonds is 9. The topological polar surface area (TPSA) is 35.5 Å². The highest BCUT2D eigenvalue weighted by atomic mass is 31.2. The average Bonchev–Trinajstić information content (AvgIpc) is 2.18. The molecule has 0 heterocycles. The van der Waals surface area contributed by atoms with E-state index in [2.05, 4.69) is 13.8 Å². The third kappa shape index (κ3) is 6.34. The van der Waals surface area contributed by atoms with Gasteiger partial charge in [0.05, 0.1) is 18.9 Å². The van der Waals surface area contributed by atoms with Gasteiger partial charge in [-0.15, -0.1) is 0 Å².